The summed E-state index contributed by atoms with van der Waals surface area (Å²) in [6.07, 6.45) is 3.38. The van der Waals surface area contributed by atoms with Crippen molar-refractivity contribution in [3.63, 3.8) is 0 Å². The van der Waals surface area contributed by atoms with Crippen molar-refractivity contribution < 1.29 is 14.3 Å². The Bertz CT molecular complexity index is 912. The van der Waals surface area contributed by atoms with Gasteiger partial charge in [-0.25, -0.2) is 0 Å². The summed E-state index contributed by atoms with van der Waals surface area (Å²) in [6, 6.07) is 16.3. The largest absolute Gasteiger partial charge is 0.489 e. The molecule has 1 aliphatic rings. The number of nitrogens with two attached hydrogens (primary N) is 1. The van der Waals surface area contributed by atoms with Crippen molar-refractivity contribution in [2.75, 3.05) is 26.2 Å². The van der Waals surface area contributed by atoms with E-state index >= 15 is 0 Å². The van der Waals surface area contributed by atoms with Crippen molar-refractivity contribution >= 4 is 11.8 Å². The van der Waals surface area contributed by atoms with Crippen molar-refractivity contribution in [2.45, 2.75) is 58.2 Å². The second-order valence-electron chi connectivity index (χ2n) is 9.76. The molecule has 190 valence electrons. The van der Waals surface area contributed by atoms with Gasteiger partial charge < -0.3 is 26.0 Å². The van der Waals surface area contributed by atoms with E-state index in [9.17, 15) is 9.59 Å². The summed E-state index contributed by atoms with van der Waals surface area (Å²) >= 11 is 0. The molecular formula is C28H40N4O3. The second-order valence-corrected chi connectivity index (χ2v) is 9.76. The number of carbonyl (C=O) groups is 2. The summed E-state index contributed by atoms with van der Waals surface area (Å²) in [5, 5.41) is 5.89. The van der Waals surface area contributed by atoms with Crippen LogP contribution in [0.3, 0.4) is 0 Å². The molecule has 0 aliphatic carbocycles. The van der Waals surface area contributed by atoms with E-state index in [0.717, 1.165) is 36.5 Å². The van der Waals surface area contributed by atoms with Crippen LogP contribution in [0.5, 0.6) is 5.75 Å². The first-order valence-electron chi connectivity index (χ1n) is 12.7. The van der Waals surface area contributed by atoms with Crippen LogP contribution in [0.1, 0.15) is 44.2 Å². The van der Waals surface area contributed by atoms with Gasteiger partial charge in [0.2, 0.25) is 11.8 Å². The summed E-state index contributed by atoms with van der Waals surface area (Å²) in [7, 11) is 0. The highest BCUT2D eigenvalue weighted by atomic mass is 16.5. The van der Waals surface area contributed by atoms with E-state index in [2.05, 4.69) is 15.5 Å². The predicted octanol–water partition coefficient (Wildman–Crippen LogP) is 2.88. The first-order chi connectivity index (χ1) is 16.9. The lowest BCUT2D eigenvalue weighted by molar-refractivity contribution is -0.129. The summed E-state index contributed by atoms with van der Waals surface area (Å²) in [6.45, 7) is 8.10. The summed E-state index contributed by atoms with van der Waals surface area (Å²) in [4.78, 5) is 28.1. The minimum absolute atomic E-state index is 0.182. The number of likely N-dealkylation sites (tertiary alicyclic amines) is 1. The molecule has 0 saturated carbocycles. The predicted molar refractivity (Wildman–Crippen MR) is 139 cm³/mol. The van der Waals surface area contributed by atoms with Gasteiger partial charge in [0, 0.05) is 19.5 Å². The van der Waals surface area contributed by atoms with Gasteiger partial charge in [0.05, 0.1) is 6.04 Å². The highest BCUT2D eigenvalue weighted by Gasteiger charge is 2.25. The average Bonchev–Trinajstić information content (AvgIpc) is 3.37. The molecule has 2 unspecified atom stereocenters. The molecule has 35 heavy (non-hydrogen) atoms. The Morgan fingerprint density at radius 2 is 1.66 bits per heavy atom. The number of amides is 2. The van der Waals surface area contributed by atoms with Crippen LogP contribution in [0.2, 0.25) is 0 Å². The topological polar surface area (TPSA) is 96.7 Å². The SMILES string of the molecule is CC(C)CC(N)C(=O)NC(Cc1ccc(OCc2ccccc2)cc1)C(=O)NCCN1CCCC1. The molecule has 1 aliphatic heterocycles. The molecule has 0 bridgehead atoms. The molecule has 2 amide bonds. The molecule has 7 heteroatoms. The fourth-order valence-corrected chi connectivity index (χ4v) is 4.27. The van der Waals surface area contributed by atoms with Crippen LogP contribution in [-0.2, 0) is 22.6 Å². The van der Waals surface area contributed by atoms with Crippen LogP contribution < -0.4 is 21.1 Å². The minimum Gasteiger partial charge on any atom is -0.489 e. The molecule has 0 radical (unpaired) electrons. The molecular weight excluding hydrogens is 440 g/mol. The lowest BCUT2D eigenvalue weighted by Gasteiger charge is -2.22. The van der Waals surface area contributed by atoms with E-state index in [-0.39, 0.29) is 11.8 Å². The Morgan fingerprint density at radius 3 is 2.31 bits per heavy atom. The summed E-state index contributed by atoms with van der Waals surface area (Å²) in [5.41, 5.74) is 8.12. The Morgan fingerprint density at radius 1 is 0.971 bits per heavy atom. The van der Waals surface area contributed by atoms with Crippen molar-refractivity contribution in [1.82, 2.24) is 15.5 Å². The van der Waals surface area contributed by atoms with Gasteiger partial charge >= 0.3 is 0 Å². The van der Waals surface area contributed by atoms with E-state index in [1.54, 1.807) is 0 Å². The molecule has 4 N–H and O–H groups in total. The summed E-state index contributed by atoms with van der Waals surface area (Å²) in [5.74, 6) is 0.582. The quantitative estimate of drug-likeness (QED) is 0.410. The average molecular weight is 481 g/mol. The van der Waals surface area contributed by atoms with Crippen LogP contribution in [0.15, 0.2) is 54.6 Å². The Kier molecular flexibility index (Phi) is 10.6. The van der Waals surface area contributed by atoms with Crippen LogP contribution >= 0.6 is 0 Å². The van der Waals surface area contributed by atoms with E-state index < -0.39 is 12.1 Å². The Hall–Kier alpha value is -2.90. The molecule has 2 aromatic rings. The molecule has 7 nitrogen and oxygen atoms in total. The molecule has 1 heterocycles. The lowest BCUT2D eigenvalue weighted by atomic mass is 10.0. The fraction of sp³-hybridized carbons (Fsp3) is 0.500. The van der Waals surface area contributed by atoms with Crippen molar-refractivity contribution in [1.29, 1.82) is 0 Å². The highest BCUT2D eigenvalue weighted by Crippen LogP contribution is 2.16. The van der Waals surface area contributed by atoms with Gasteiger partial charge in [0.25, 0.3) is 0 Å². The summed E-state index contributed by atoms with van der Waals surface area (Å²) < 4.78 is 5.86. The van der Waals surface area contributed by atoms with Crippen LogP contribution in [0.25, 0.3) is 0 Å². The Balaban J connectivity index is 1.58. The maximum Gasteiger partial charge on any atom is 0.242 e. The number of benzene rings is 2. The number of carbonyl (C=O) groups excluding carboxylic acids is 2. The molecule has 1 fully saturated rings. The molecule has 3 rings (SSSR count). The highest BCUT2D eigenvalue weighted by molar-refractivity contribution is 5.89. The number of nitrogens with zero attached hydrogens (tertiary/aromatic N) is 1. The number of rotatable bonds is 13. The van der Waals surface area contributed by atoms with E-state index in [1.807, 2.05) is 68.4 Å². The third-order valence-corrected chi connectivity index (χ3v) is 6.23. The number of hydrogen-bond donors (Lipinski definition) is 3. The van der Waals surface area contributed by atoms with Gasteiger partial charge in [-0.1, -0.05) is 56.3 Å². The van der Waals surface area contributed by atoms with Crippen molar-refractivity contribution in [2.24, 2.45) is 11.7 Å². The maximum absolute atomic E-state index is 13.0. The fourth-order valence-electron chi connectivity index (χ4n) is 4.27. The van der Waals surface area contributed by atoms with Crippen LogP contribution in [0, 0.1) is 5.92 Å². The zero-order valence-corrected chi connectivity index (χ0v) is 21.0. The van der Waals surface area contributed by atoms with Gasteiger partial charge in [0.1, 0.15) is 18.4 Å². The van der Waals surface area contributed by atoms with E-state index in [4.69, 9.17) is 10.5 Å². The van der Waals surface area contributed by atoms with Gasteiger partial charge in [-0.05, 0) is 61.5 Å². The number of nitrogens with one attached hydrogen (secondary N) is 2. The van der Waals surface area contributed by atoms with E-state index in [1.165, 1.54) is 12.8 Å². The lowest BCUT2D eigenvalue weighted by Crippen LogP contribution is -2.53. The van der Waals surface area contributed by atoms with Gasteiger partial charge in [-0.3, -0.25) is 9.59 Å². The third kappa shape index (κ3) is 9.34. The van der Waals surface area contributed by atoms with Gasteiger partial charge in [0.15, 0.2) is 0 Å². The number of hydrogen-bond acceptors (Lipinski definition) is 5. The zero-order chi connectivity index (χ0) is 25.0. The minimum atomic E-state index is -0.685. The van der Waals surface area contributed by atoms with Crippen LogP contribution in [0.4, 0.5) is 0 Å². The van der Waals surface area contributed by atoms with Crippen molar-refractivity contribution in [3.8, 4) is 5.75 Å². The first-order valence-corrected chi connectivity index (χ1v) is 12.7. The smallest absolute Gasteiger partial charge is 0.242 e. The molecule has 1 saturated heterocycles. The van der Waals surface area contributed by atoms with Gasteiger partial charge in [-0.15, -0.1) is 0 Å². The van der Waals surface area contributed by atoms with E-state index in [0.29, 0.717) is 31.9 Å². The normalized spacial score (nSPS) is 15.5. The third-order valence-electron chi connectivity index (χ3n) is 6.23. The zero-order valence-electron chi connectivity index (χ0n) is 21.0. The maximum atomic E-state index is 13.0. The monoisotopic (exact) mass is 480 g/mol. The first kappa shape index (κ1) is 26.7. The van der Waals surface area contributed by atoms with Crippen molar-refractivity contribution in [3.05, 3.63) is 65.7 Å². The standard InChI is InChI=1S/C28H40N4O3/c1-21(2)18-25(29)27(33)31-26(28(34)30-14-17-32-15-6-7-16-32)19-22-10-12-24(13-11-22)35-20-23-8-4-3-5-9-23/h3-5,8-13,21,25-26H,6-7,14-20,29H2,1-2H3,(H,30,34)(H,31,33). The molecule has 2 atom stereocenters. The Labute approximate surface area is 209 Å². The van der Waals surface area contributed by atoms with Gasteiger partial charge in [-0.2, -0.15) is 0 Å². The molecule has 0 spiro atoms. The van der Waals surface area contributed by atoms with Crippen LogP contribution in [-0.4, -0.2) is 55.0 Å². The number of ether oxygens (including phenoxy) is 1. The second kappa shape index (κ2) is 13.9. The molecule has 0 aromatic heterocycles. The molecule has 2 aromatic carbocycles.